The van der Waals surface area contributed by atoms with E-state index in [0.29, 0.717) is 18.7 Å². The maximum atomic E-state index is 12.5. The lowest BCUT2D eigenvalue weighted by Gasteiger charge is -2.18. The van der Waals surface area contributed by atoms with Crippen LogP contribution < -0.4 is 4.31 Å². The first kappa shape index (κ1) is 13.1. The van der Waals surface area contributed by atoms with E-state index in [2.05, 4.69) is 0 Å². The van der Waals surface area contributed by atoms with Crippen LogP contribution in [0, 0.1) is 0 Å². The Morgan fingerprint density at radius 1 is 1.30 bits per heavy atom. The predicted molar refractivity (Wildman–Crippen MR) is 76.0 cm³/mol. The first-order chi connectivity index (χ1) is 9.50. The molecule has 1 aliphatic heterocycles. The molecule has 1 aromatic heterocycles. The van der Waals surface area contributed by atoms with Crippen LogP contribution in [0.1, 0.15) is 15.9 Å². The fourth-order valence-corrected chi connectivity index (χ4v) is 4.85. The second kappa shape index (κ2) is 4.60. The average molecular weight is 309 g/mol. The van der Waals surface area contributed by atoms with Crippen LogP contribution in [0.4, 0.5) is 5.69 Å². The first-order valence-corrected chi connectivity index (χ1v) is 8.24. The van der Waals surface area contributed by atoms with Crippen LogP contribution in [-0.4, -0.2) is 26.0 Å². The molecule has 1 aromatic carbocycles. The maximum absolute atomic E-state index is 12.5. The number of hydrogen-bond donors (Lipinski definition) is 1. The van der Waals surface area contributed by atoms with Crippen LogP contribution in [0.25, 0.3) is 0 Å². The minimum atomic E-state index is -3.59. The number of benzene rings is 1. The van der Waals surface area contributed by atoms with Crippen molar-refractivity contribution in [3.05, 3.63) is 46.8 Å². The Kier molecular flexibility index (Phi) is 3.02. The van der Waals surface area contributed by atoms with E-state index in [1.54, 1.807) is 23.6 Å². The van der Waals surface area contributed by atoms with Gasteiger partial charge in [0.2, 0.25) is 0 Å². The summed E-state index contributed by atoms with van der Waals surface area (Å²) in [5, 5.41) is 10.7. The van der Waals surface area contributed by atoms with Gasteiger partial charge in [-0.15, -0.1) is 11.3 Å². The van der Waals surface area contributed by atoms with Crippen molar-refractivity contribution in [1.29, 1.82) is 0 Å². The normalized spacial score (nSPS) is 14.3. The van der Waals surface area contributed by atoms with E-state index in [0.717, 1.165) is 16.9 Å². The van der Waals surface area contributed by atoms with Gasteiger partial charge >= 0.3 is 5.97 Å². The van der Waals surface area contributed by atoms with E-state index in [9.17, 15) is 13.2 Å². The number of carbonyl (C=O) groups is 1. The van der Waals surface area contributed by atoms with E-state index in [4.69, 9.17) is 5.11 Å². The molecule has 0 amide bonds. The maximum Gasteiger partial charge on any atom is 0.335 e. The third-order valence-corrected chi connectivity index (χ3v) is 6.41. The Labute approximate surface area is 120 Å². The summed E-state index contributed by atoms with van der Waals surface area (Å²) in [5.41, 5.74) is 1.42. The summed E-state index contributed by atoms with van der Waals surface area (Å²) >= 11 is 1.16. The number of fused-ring (bicyclic) bond motifs is 1. The molecule has 0 bridgehead atoms. The van der Waals surface area contributed by atoms with Gasteiger partial charge in [-0.25, -0.2) is 13.2 Å². The molecule has 20 heavy (non-hydrogen) atoms. The summed E-state index contributed by atoms with van der Waals surface area (Å²) in [4.78, 5) is 11.0. The number of sulfonamides is 1. The third kappa shape index (κ3) is 1.99. The van der Waals surface area contributed by atoms with Gasteiger partial charge in [0.1, 0.15) is 4.21 Å². The quantitative estimate of drug-likeness (QED) is 0.943. The van der Waals surface area contributed by atoms with Crippen molar-refractivity contribution in [2.24, 2.45) is 0 Å². The Morgan fingerprint density at radius 3 is 2.75 bits per heavy atom. The summed E-state index contributed by atoms with van der Waals surface area (Å²) in [6, 6.07) is 7.85. The molecular weight excluding hydrogens is 298 g/mol. The molecule has 104 valence electrons. The molecule has 1 aliphatic rings. The number of hydrogen-bond acceptors (Lipinski definition) is 4. The lowest BCUT2D eigenvalue weighted by atomic mass is 10.1. The van der Waals surface area contributed by atoms with Crippen molar-refractivity contribution in [2.75, 3.05) is 10.8 Å². The molecule has 0 saturated heterocycles. The van der Waals surface area contributed by atoms with Gasteiger partial charge in [0, 0.05) is 6.54 Å². The van der Waals surface area contributed by atoms with Crippen molar-refractivity contribution >= 4 is 33.0 Å². The van der Waals surface area contributed by atoms with Gasteiger partial charge < -0.3 is 5.11 Å². The molecule has 5 nitrogen and oxygen atoms in total. The Bertz CT molecular complexity index is 766. The Balaban J connectivity index is 2.09. The molecule has 2 heterocycles. The van der Waals surface area contributed by atoms with Crippen molar-refractivity contribution in [2.45, 2.75) is 10.6 Å². The zero-order valence-electron chi connectivity index (χ0n) is 10.3. The van der Waals surface area contributed by atoms with Crippen LogP contribution in [0.15, 0.2) is 39.9 Å². The monoisotopic (exact) mass is 309 g/mol. The van der Waals surface area contributed by atoms with Crippen LogP contribution in [0.5, 0.6) is 0 Å². The van der Waals surface area contributed by atoms with Crippen LogP contribution in [-0.2, 0) is 16.4 Å². The van der Waals surface area contributed by atoms with Crippen LogP contribution in [0.3, 0.4) is 0 Å². The molecule has 7 heteroatoms. The molecule has 0 radical (unpaired) electrons. The largest absolute Gasteiger partial charge is 0.478 e. The fourth-order valence-electron chi connectivity index (χ4n) is 2.25. The molecule has 2 aromatic rings. The molecule has 0 spiro atoms. The molecule has 0 aliphatic carbocycles. The standard InChI is InChI=1S/C13H11NO4S2/c15-13(16)10-4-3-9-5-6-14(11(9)8-10)20(17,18)12-2-1-7-19-12/h1-4,7-8H,5-6H2,(H,15,16). The van der Waals surface area contributed by atoms with Gasteiger partial charge in [0.15, 0.2) is 0 Å². The summed E-state index contributed by atoms with van der Waals surface area (Å²) < 4.78 is 26.6. The highest BCUT2D eigenvalue weighted by atomic mass is 32.2. The second-order valence-electron chi connectivity index (χ2n) is 4.41. The SMILES string of the molecule is O=C(O)c1ccc2c(c1)N(S(=O)(=O)c1cccs1)CC2. The van der Waals surface area contributed by atoms with Crippen molar-refractivity contribution < 1.29 is 18.3 Å². The number of carboxylic acids is 1. The molecule has 0 saturated carbocycles. The van der Waals surface area contributed by atoms with E-state index in [-0.39, 0.29) is 9.77 Å². The number of nitrogens with zero attached hydrogens (tertiary/aromatic N) is 1. The third-order valence-electron chi connectivity index (χ3n) is 3.22. The highest BCUT2D eigenvalue weighted by Gasteiger charge is 2.32. The molecule has 0 fully saturated rings. The first-order valence-electron chi connectivity index (χ1n) is 5.92. The van der Waals surface area contributed by atoms with Crippen LogP contribution >= 0.6 is 11.3 Å². The van der Waals surface area contributed by atoms with Gasteiger partial charge in [-0.2, -0.15) is 0 Å². The van der Waals surface area contributed by atoms with Gasteiger partial charge in [-0.1, -0.05) is 12.1 Å². The lowest BCUT2D eigenvalue weighted by Crippen LogP contribution is -2.28. The Hall–Kier alpha value is -1.86. The predicted octanol–water partition coefficient (Wildman–Crippen LogP) is 2.20. The minimum Gasteiger partial charge on any atom is -0.478 e. The van der Waals surface area contributed by atoms with E-state index >= 15 is 0 Å². The topological polar surface area (TPSA) is 74.7 Å². The van der Waals surface area contributed by atoms with E-state index < -0.39 is 16.0 Å². The number of anilines is 1. The van der Waals surface area contributed by atoms with Crippen molar-refractivity contribution in [1.82, 2.24) is 0 Å². The molecule has 3 rings (SSSR count). The highest BCUT2D eigenvalue weighted by molar-refractivity contribution is 7.94. The minimum absolute atomic E-state index is 0.0945. The van der Waals surface area contributed by atoms with E-state index in [1.165, 1.54) is 16.4 Å². The van der Waals surface area contributed by atoms with Gasteiger partial charge in [0.05, 0.1) is 11.3 Å². The Morgan fingerprint density at radius 2 is 2.10 bits per heavy atom. The molecule has 0 unspecified atom stereocenters. The van der Waals surface area contributed by atoms with E-state index in [1.807, 2.05) is 0 Å². The van der Waals surface area contributed by atoms with Crippen molar-refractivity contribution in [3.63, 3.8) is 0 Å². The summed E-state index contributed by atoms with van der Waals surface area (Å²) in [7, 11) is -3.59. The summed E-state index contributed by atoms with van der Waals surface area (Å²) in [6.07, 6.45) is 0.597. The second-order valence-corrected chi connectivity index (χ2v) is 7.44. The van der Waals surface area contributed by atoms with Gasteiger partial charge in [-0.3, -0.25) is 4.31 Å². The molecule has 1 N–H and O–H groups in total. The van der Waals surface area contributed by atoms with Crippen LogP contribution in [0.2, 0.25) is 0 Å². The lowest BCUT2D eigenvalue weighted by molar-refractivity contribution is 0.0697. The summed E-state index contributed by atoms with van der Waals surface area (Å²) in [5.74, 6) is -1.06. The van der Waals surface area contributed by atoms with Gasteiger partial charge in [-0.05, 0) is 35.6 Å². The number of rotatable bonds is 3. The van der Waals surface area contributed by atoms with Crippen molar-refractivity contribution in [3.8, 4) is 0 Å². The smallest absolute Gasteiger partial charge is 0.335 e. The zero-order chi connectivity index (χ0) is 14.3. The number of thiophene rings is 1. The zero-order valence-corrected chi connectivity index (χ0v) is 11.9. The number of aromatic carboxylic acids is 1. The molecular formula is C13H11NO4S2. The highest BCUT2D eigenvalue weighted by Crippen LogP contribution is 2.34. The average Bonchev–Trinajstić information content (AvgIpc) is 3.07. The number of carboxylic acid groups (broad SMARTS) is 1. The van der Waals surface area contributed by atoms with Gasteiger partial charge in [0.25, 0.3) is 10.0 Å². The fraction of sp³-hybridized carbons (Fsp3) is 0.154. The molecule has 0 atom stereocenters. The summed E-state index contributed by atoms with van der Waals surface area (Å²) in [6.45, 7) is 0.346.